The molecule has 2 heterocycles. The number of para-hydroxylation sites is 1. The van der Waals surface area contributed by atoms with Crippen molar-refractivity contribution in [3.63, 3.8) is 0 Å². The van der Waals surface area contributed by atoms with E-state index >= 15 is 0 Å². The van der Waals surface area contributed by atoms with Crippen LogP contribution in [0.4, 0.5) is 5.69 Å². The number of fused-ring (bicyclic) bond motifs is 1. The van der Waals surface area contributed by atoms with Gasteiger partial charge in [-0.3, -0.25) is 9.79 Å². The molecule has 3 rings (SSSR count). The van der Waals surface area contributed by atoms with Crippen molar-refractivity contribution >= 4 is 38.4 Å². The van der Waals surface area contributed by atoms with E-state index in [1.807, 2.05) is 35.2 Å². The molecule has 0 saturated carbocycles. The summed E-state index contributed by atoms with van der Waals surface area (Å²) in [4.78, 5) is 19.9. The van der Waals surface area contributed by atoms with Crippen molar-refractivity contribution in [2.75, 3.05) is 36.3 Å². The van der Waals surface area contributed by atoms with Crippen molar-refractivity contribution in [2.24, 2.45) is 4.99 Å². The Hall–Kier alpha value is -1.54. The molecule has 0 spiro atoms. The van der Waals surface area contributed by atoms with Gasteiger partial charge in [-0.1, -0.05) is 30.0 Å². The van der Waals surface area contributed by atoms with Crippen LogP contribution < -0.4 is 4.90 Å². The van der Waals surface area contributed by atoms with E-state index in [2.05, 4.69) is 4.99 Å². The number of rotatable bonds is 3. The summed E-state index contributed by atoms with van der Waals surface area (Å²) in [6.45, 7) is 0. The van der Waals surface area contributed by atoms with E-state index in [0.29, 0.717) is 5.75 Å². The molecule has 0 aliphatic carbocycles. The van der Waals surface area contributed by atoms with Gasteiger partial charge in [-0.15, -0.1) is 0 Å². The zero-order chi connectivity index (χ0) is 16.6. The molecular formula is C15H19N3O3S2. The highest BCUT2D eigenvalue weighted by Gasteiger charge is 2.47. The van der Waals surface area contributed by atoms with Crippen LogP contribution in [0.3, 0.4) is 0 Å². The first-order chi connectivity index (χ1) is 10.9. The van der Waals surface area contributed by atoms with Crippen LogP contribution in [0.1, 0.15) is 0 Å². The Bertz CT molecular complexity index is 732. The molecule has 0 bridgehead atoms. The number of nitrogens with zero attached hydrogens (tertiary/aromatic N) is 3. The predicted molar refractivity (Wildman–Crippen MR) is 93.7 cm³/mol. The zero-order valence-electron chi connectivity index (χ0n) is 13.0. The van der Waals surface area contributed by atoms with Crippen molar-refractivity contribution in [3.8, 4) is 0 Å². The summed E-state index contributed by atoms with van der Waals surface area (Å²) in [7, 11) is 0.388. The normalized spacial score (nSPS) is 25.1. The van der Waals surface area contributed by atoms with Gasteiger partial charge in [-0.25, -0.2) is 8.42 Å². The zero-order valence-corrected chi connectivity index (χ0v) is 14.7. The average Bonchev–Trinajstić information content (AvgIpc) is 2.96. The van der Waals surface area contributed by atoms with Crippen LogP contribution in [-0.2, 0) is 14.6 Å². The number of amidine groups is 1. The first-order valence-corrected chi connectivity index (χ1v) is 10.1. The Morgan fingerprint density at radius 1 is 1.30 bits per heavy atom. The summed E-state index contributed by atoms with van der Waals surface area (Å²) in [6, 6.07) is 9.23. The van der Waals surface area contributed by atoms with E-state index < -0.39 is 9.84 Å². The first kappa shape index (κ1) is 16.3. The Labute approximate surface area is 140 Å². The summed E-state index contributed by atoms with van der Waals surface area (Å²) < 4.78 is 23.8. The molecule has 1 aromatic carbocycles. The van der Waals surface area contributed by atoms with Gasteiger partial charge in [0.25, 0.3) is 0 Å². The fourth-order valence-electron chi connectivity index (χ4n) is 2.78. The van der Waals surface area contributed by atoms with Crippen LogP contribution >= 0.6 is 11.8 Å². The molecule has 0 radical (unpaired) electrons. The van der Waals surface area contributed by atoms with Crippen LogP contribution in [0.5, 0.6) is 0 Å². The molecule has 2 aliphatic heterocycles. The van der Waals surface area contributed by atoms with Gasteiger partial charge in [0, 0.05) is 19.8 Å². The van der Waals surface area contributed by atoms with Crippen molar-refractivity contribution in [3.05, 3.63) is 30.3 Å². The van der Waals surface area contributed by atoms with E-state index in [0.717, 1.165) is 10.9 Å². The lowest BCUT2D eigenvalue weighted by Crippen LogP contribution is -2.39. The third kappa shape index (κ3) is 3.37. The maximum Gasteiger partial charge on any atom is 0.232 e. The number of hydrogen-bond donors (Lipinski definition) is 0. The Balaban J connectivity index is 1.86. The number of sulfone groups is 1. The second-order valence-corrected chi connectivity index (χ2v) is 9.00. The van der Waals surface area contributed by atoms with Gasteiger partial charge in [-0.2, -0.15) is 0 Å². The Kier molecular flexibility index (Phi) is 4.37. The fourth-order valence-corrected chi connectivity index (χ4v) is 5.72. The van der Waals surface area contributed by atoms with Crippen molar-refractivity contribution in [1.29, 1.82) is 0 Å². The highest BCUT2D eigenvalue weighted by molar-refractivity contribution is 8.14. The maximum atomic E-state index is 11.9. The SMILES string of the molecule is CN(C)C(=O)CSC1=NC2CS(=O)(=O)CC2N1c1ccccc1. The monoisotopic (exact) mass is 353 g/mol. The average molecular weight is 353 g/mol. The molecule has 2 unspecified atom stereocenters. The molecule has 0 N–H and O–H groups in total. The molecule has 124 valence electrons. The minimum atomic E-state index is -3.05. The maximum absolute atomic E-state index is 11.9. The van der Waals surface area contributed by atoms with E-state index in [9.17, 15) is 13.2 Å². The van der Waals surface area contributed by atoms with E-state index in [4.69, 9.17) is 0 Å². The highest BCUT2D eigenvalue weighted by atomic mass is 32.2. The minimum absolute atomic E-state index is 0.00962. The summed E-state index contributed by atoms with van der Waals surface area (Å²) in [5, 5.41) is 0.733. The summed E-state index contributed by atoms with van der Waals surface area (Å²) in [5.74, 6) is 0.505. The quantitative estimate of drug-likeness (QED) is 0.806. The third-order valence-electron chi connectivity index (χ3n) is 3.97. The van der Waals surface area contributed by atoms with Crippen molar-refractivity contribution < 1.29 is 13.2 Å². The predicted octanol–water partition coefficient (Wildman–Crippen LogP) is 0.850. The molecular weight excluding hydrogens is 334 g/mol. The van der Waals surface area contributed by atoms with Crippen LogP contribution in [0.2, 0.25) is 0 Å². The van der Waals surface area contributed by atoms with Gasteiger partial charge in [0.05, 0.1) is 29.3 Å². The molecule has 6 nitrogen and oxygen atoms in total. The highest BCUT2D eigenvalue weighted by Crippen LogP contribution is 2.34. The molecule has 1 fully saturated rings. The summed E-state index contributed by atoms with van der Waals surface area (Å²) in [6.07, 6.45) is 0. The van der Waals surface area contributed by atoms with Crippen LogP contribution in [0, 0.1) is 0 Å². The third-order valence-corrected chi connectivity index (χ3v) is 6.62. The number of benzene rings is 1. The van der Waals surface area contributed by atoms with Crippen LogP contribution in [-0.4, -0.2) is 67.8 Å². The number of aliphatic imine (C=N–C) groups is 1. The molecule has 8 heteroatoms. The number of carbonyl (C=O) groups excluding carboxylic acids is 1. The Morgan fingerprint density at radius 2 is 2.00 bits per heavy atom. The number of hydrogen-bond acceptors (Lipinski definition) is 6. The van der Waals surface area contributed by atoms with Gasteiger partial charge in [0.2, 0.25) is 5.91 Å². The molecule has 0 aromatic heterocycles. The van der Waals surface area contributed by atoms with Crippen molar-refractivity contribution in [2.45, 2.75) is 12.1 Å². The summed E-state index contributed by atoms with van der Waals surface area (Å²) >= 11 is 1.37. The molecule has 1 saturated heterocycles. The van der Waals surface area contributed by atoms with Gasteiger partial charge < -0.3 is 9.80 Å². The lowest BCUT2D eigenvalue weighted by Gasteiger charge is -2.26. The van der Waals surface area contributed by atoms with Crippen molar-refractivity contribution in [1.82, 2.24) is 4.90 Å². The fraction of sp³-hybridized carbons (Fsp3) is 0.467. The number of thioether (sulfide) groups is 1. The van der Waals surface area contributed by atoms with E-state index in [1.54, 1.807) is 19.0 Å². The molecule has 2 aliphatic rings. The second kappa shape index (κ2) is 6.16. The Morgan fingerprint density at radius 3 is 2.65 bits per heavy atom. The molecule has 23 heavy (non-hydrogen) atoms. The largest absolute Gasteiger partial charge is 0.348 e. The lowest BCUT2D eigenvalue weighted by molar-refractivity contribution is -0.125. The minimum Gasteiger partial charge on any atom is -0.348 e. The standard InChI is InChI=1S/C15H19N3O3S2/c1-17(2)14(19)8-22-15-16-12-9-23(20,21)10-13(12)18(15)11-6-4-3-5-7-11/h3-7,12-13H,8-10H2,1-2H3. The molecule has 1 aromatic rings. The van der Waals surface area contributed by atoms with Gasteiger partial charge in [0.1, 0.15) is 0 Å². The second-order valence-electron chi connectivity index (χ2n) is 5.91. The van der Waals surface area contributed by atoms with E-state index in [-0.39, 0.29) is 29.5 Å². The molecule has 2 atom stereocenters. The van der Waals surface area contributed by atoms with Gasteiger partial charge in [-0.05, 0) is 12.1 Å². The van der Waals surface area contributed by atoms with Crippen LogP contribution in [0.15, 0.2) is 35.3 Å². The topological polar surface area (TPSA) is 70.0 Å². The van der Waals surface area contributed by atoms with E-state index in [1.165, 1.54) is 11.8 Å². The number of amides is 1. The smallest absolute Gasteiger partial charge is 0.232 e. The van der Waals surface area contributed by atoms with Gasteiger partial charge >= 0.3 is 0 Å². The number of anilines is 1. The van der Waals surface area contributed by atoms with Crippen LogP contribution in [0.25, 0.3) is 0 Å². The summed E-state index contributed by atoms with van der Waals surface area (Å²) in [5.41, 5.74) is 0.917. The first-order valence-electron chi connectivity index (χ1n) is 7.33. The number of carbonyl (C=O) groups is 1. The van der Waals surface area contributed by atoms with Gasteiger partial charge in [0.15, 0.2) is 15.0 Å². The lowest BCUT2D eigenvalue weighted by atomic mass is 10.1. The molecule has 1 amide bonds.